The van der Waals surface area contributed by atoms with E-state index in [2.05, 4.69) is 63.9 Å². The van der Waals surface area contributed by atoms with Crippen molar-refractivity contribution in [2.75, 3.05) is 7.11 Å². The van der Waals surface area contributed by atoms with Gasteiger partial charge in [0.15, 0.2) is 0 Å². The summed E-state index contributed by atoms with van der Waals surface area (Å²) in [5, 5.41) is 5.66. The molecule has 0 amide bonds. The fourth-order valence-electron chi connectivity index (χ4n) is 1.97. The molecule has 1 N–H and O–H groups in total. The molecule has 0 saturated carbocycles. The fourth-order valence-corrected chi connectivity index (χ4v) is 3.72. The monoisotopic (exact) mass is 339 g/mol. The molecule has 0 saturated heterocycles. The number of halogens is 1. The summed E-state index contributed by atoms with van der Waals surface area (Å²) < 4.78 is 6.34. The minimum Gasteiger partial charge on any atom is -0.380 e. The van der Waals surface area contributed by atoms with E-state index in [1.807, 2.05) is 0 Å². The van der Waals surface area contributed by atoms with Crippen molar-refractivity contribution in [1.29, 1.82) is 0 Å². The molecule has 1 unspecified atom stereocenters. The van der Waals surface area contributed by atoms with E-state index in [9.17, 15) is 0 Å². The molecule has 2 rings (SSSR count). The Morgan fingerprint density at radius 1 is 1.32 bits per heavy atom. The third-order valence-corrected chi connectivity index (χ3v) is 5.01. The summed E-state index contributed by atoms with van der Waals surface area (Å²) in [5.41, 5.74) is 2.50. The largest absolute Gasteiger partial charge is 0.380 e. The SMILES string of the molecule is COCc1cccc(CNC(C)c2sccc2Br)c1. The van der Waals surface area contributed by atoms with Crippen molar-refractivity contribution in [3.8, 4) is 0 Å². The molecule has 4 heteroatoms. The molecule has 0 radical (unpaired) electrons. The van der Waals surface area contributed by atoms with E-state index in [-0.39, 0.29) is 0 Å². The van der Waals surface area contributed by atoms with Crippen molar-refractivity contribution in [3.63, 3.8) is 0 Å². The molecular formula is C15H18BrNOS. The minimum absolute atomic E-state index is 0.348. The van der Waals surface area contributed by atoms with Gasteiger partial charge in [0.2, 0.25) is 0 Å². The second-order valence-corrected chi connectivity index (χ2v) is 6.29. The lowest BCUT2D eigenvalue weighted by atomic mass is 10.1. The second-order valence-electron chi connectivity index (χ2n) is 4.49. The van der Waals surface area contributed by atoms with Crippen molar-refractivity contribution in [3.05, 3.63) is 56.2 Å². The summed E-state index contributed by atoms with van der Waals surface area (Å²) in [4.78, 5) is 1.34. The Bertz CT molecular complexity index is 526. The summed E-state index contributed by atoms with van der Waals surface area (Å²) in [5.74, 6) is 0. The highest BCUT2D eigenvalue weighted by Gasteiger charge is 2.10. The highest BCUT2D eigenvalue weighted by Crippen LogP contribution is 2.28. The Hall–Kier alpha value is -0.680. The Kier molecular flexibility index (Phi) is 5.58. The van der Waals surface area contributed by atoms with Crippen molar-refractivity contribution in [1.82, 2.24) is 5.32 Å². The van der Waals surface area contributed by atoms with E-state index in [0.29, 0.717) is 12.6 Å². The van der Waals surface area contributed by atoms with Gasteiger partial charge in [-0.3, -0.25) is 0 Å². The molecule has 0 fully saturated rings. The van der Waals surface area contributed by atoms with Crippen LogP contribution < -0.4 is 5.32 Å². The fraction of sp³-hybridized carbons (Fsp3) is 0.333. The molecular weight excluding hydrogens is 322 g/mol. The summed E-state index contributed by atoms with van der Waals surface area (Å²) in [7, 11) is 1.72. The normalized spacial score (nSPS) is 12.6. The zero-order valence-corrected chi connectivity index (χ0v) is 13.6. The number of rotatable bonds is 6. The van der Waals surface area contributed by atoms with Crippen LogP contribution in [0.15, 0.2) is 40.2 Å². The van der Waals surface area contributed by atoms with Gasteiger partial charge in [-0.25, -0.2) is 0 Å². The van der Waals surface area contributed by atoms with Crippen LogP contribution in [0.2, 0.25) is 0 Å². The van der Waals surface area contributed by atoms with Crippen LogP contribution in [-0.4, -0.2) is 7.11 Å². The first kappa shape index (κ1) is 14.7. The number of benzene rings is 1. The first-order chi connectivity index (χ1) is 9.20. The predicted molar refractivity (Wildman–Crippen MR) is 84.4 cm³/mol. The van der Waals surface area contributed by atoms with Crippen molar-refractivity contribution >= 4 is 27.3 Å². The molecule has 0 aliphatic carbocycles. The quantitative estimate of drug-likeness (QED) is 0.836. The van der Waals surface area contributed by atoms with Crippen LogP contribution in [0.4, 0.5) is 0 Å². The molecule has 2 nitrogen and oxygen atoms in total. The lowest BCUT2D eigenvalue weighted by Gasteiger charge is -2.13. The van der Waals surface area contributed by atoms with Crippen molar-refractivity contribution < 1.29 is 4.74 Å². The van der Waals surface area contributed by atoms with Gasteiger partial charge in [0.05, 0.1) is 6.61 Å². The molecule has 102 valence electrons. The topological polar surface area (TPSA) is 21.3 Å². The van der Waals surface area contributed by atoms with Gasteiger partial charge in [0, 0.05) is 29.0 Å². The van der Waals surface area contributed by atoms with E-state index >= 15 is 0 Å². The number of ether oxygens (including phenoxy) is 1. The standard InChI is InChI=1S/C15H18BrNOS/c1-11(15-14(16)6-7-19-15)17-9-12-4-3-5-13(8-12)10-18-2/h3-8,11,17H,9-10H2,1-2H3. The number of nitrogens with one attached hydrogen (secondary N) is 1. The number of hydrogen-bond acceptors (Lipinski definition) is 3. The van der Waals surface area contributed by atoms with E-state index in [1.165, 1.54) is 20.5 Å². The highest BCUT2D eigenvalue weighted by atomic mass is 79.9. The molecule has 1 atom stereocenters. The van der Waals surface area contributed by atoms with Crippen molar-refractivity contribution in [2.24, 2.45) is 0 Å². The lowest BCUT2D eigenvalue weighted by molar-refractivity contribution is 0.185. The summed E-state index contributed by atoms with van der Waals surface area (Å²) in [6.45, 7) is 3.72. The van der Waals surface area contributed by atoms with E-state index < -0.39 is 0 Å². The van der Waals surface area contributed by atoms with Gasteiger partial charge in [0.1, 0.15) is 0 Å². The van der Waals surface area contributed by atoms with Gasteiger partial charge >= 0.3 is 0 Å². The molecule has 1 aromatic carbocycles. The van der Waals surface area contributed by atoms with Crippen LogP contribution in [0.3, 0.4) is 0 Å². The van der Waals surface area contributed by atoms with Crippen LogP contribution in [0.1, 0.15) is 29.0 Å². The molecule has 2 aromatic rings. The maximum atomic E-state index is 5.16. The Morgan fingerprint density at radius 2 is 2.11 bits per heavy atom. The van der Waals surface area contributed by atoms with E-state index in [0.717, 1.165) is 6.54 Å². The summed E-state index contributed by atoms with van der Waals surface area (Å²) in [6.07, 6.45) is 0. The van der Waals surface area contributed by atoms with Gasteiger partial charge in [-0.2, -0.15) is 0 Å². The molecule has 0 aliphatic heterocycles. The van der Waals surface area contributed by atoms with Gasteiger partial charge < -0.3 is 10.1 Å². The van der Waals surface area contributed by atoms with Crippen molar-refractivity contribution in [2.45, 2.75) is 26.1 Å². The van der Waals surface area contributed by atoms with E-state index in [4.69, 9.17) is 4.74 Å². The third-order valence-electron chi connectivity index (χ3n) is 2.95. The van der Waals surface area contributed by atoms with Gasteiger partial charge in [-0.15, -0.1) is 11.3 Å². The van der Waals surface area contributed by atoms with Crippen LogP contribution in [-0.2, 0) is 17.9 Å². The minimum atomic E-state index is 0.348. The van der Waals surface area contributed by atoms with Crippen LogP contribution >= 0.6 is 27.3 Å². The molecule has 0 spiro atoms. The molecule has 1 heterocycles. The first-order valence-corrected chi connectivity index (χ1v) is 7.91. The zero-order chi connectivity index (χ0) is 13.7. The first-order valence-electron chi connectivity index (χ1n) is 6.23. The molecule has 0 aliphatic rings. The maximum Gasteiger partial charge on any atom is 0.0713 e. The average molecular weight is 340 g/mol. The third kappa shape index (κ3) is 4.14. The smallest absolute Gasteiger partial charge is 0.0713 e. The average Bonchev–Trinajstić information content (AvgIpc) is 2.83. The number of hydrogen-bond donors (Lipinski definition) is 1. The summed E-state index contributed by atoms with van der Waals surface area (Å²) in [6, 6.07) is 10.9. The van der Waals surface area contributed by atoms with E-state index in [1.54, 1.807) is 18.4 Å². The maximum absolute atomic E-state index is 5.16. The molecule has 1 aromatic heterocycles. The van der Waals surface area contributed by atoms with Gasteiger partial charge in [-0.1, -0.05) is 24.3 Å². The Morgan fingerprint density at radius 3 is 2.79 bits per heavy atom. The number of methoxy groups -OCH3 is 1. The Balaban J connectivity index is 1.95. The lowest BCUT2D eigenvalue weighted by Crippen LogP contribution is -2.17. The van der Waals surface area contributed by atoms with Gasteiger partial charge in [0.25, 0.3) is 0 Å². The molecule has 19 heavy (non-hydrogen) atoms. The summed E-state index contributed by atoms with van der Waals surface area (Å²) >= 11 is 5.35. The zero-order valence-electron chi connectivity index (χ0n) is 11.2. The van der Waals surface area contributed by atoms with Crippen LogP contribution in [0.25, 0.3) is 0 Å². The Labute approximate surface area is 126 Å². The molecule has 0 bridgehead atoms. The van der Waals surface area contributed by atoms with Crippen LogP contribution in [0.5, 0.6) is 0 Å². The number of thiophene rings is 1. The highest BCUT2D eigenvalue weighted by molar-refractivity contribution is 9.10. The predicted octanol–water partition coefficient (Wildman–Crippen LogP) is 4.51. The second kappa shape index (κ2) is 7.20. The van der Waals surface area contributed by atoms with Crippen LogP contribution in [0, 0.1) is 0 Å². The van der Waals surface area contributed by atoms with Gasteiger partial charge in [-0.05, 0) is 45.4 Å².